The van der Waals surface area contributed by atoms with Crippen LogP contribution in [0.4, 0.5) is 5.69 Å². The fourth-order valence-electron chi connectivity index (χ4n) is 2.93. The fraction of sp³-hybridized carbons (Fsp3) is 0.154. The molecular formula is C26H23ClN2O4. The molecule has 0 aromatic heterocycles. The van der Waals surface area contributed by atoms with Crippen LogP contribution in [0.2, 0.25) is 5.02 Å². The number of hydrogen-bond acceptors (Lipinski definition) is 5. The molecule has 6 nitrogen and oxygen atoms in total. The van der Waals surface area contributed by atoms with Gasteiger partial charge in [0.25, 0.3) is 5.91 Å². The van der Waals surface area contributed by atoms with Gasteiger partial charge >= 0.3 is 0 Å². The van der Waals surface area contributed by atoms with Crippen LogP contribution in [0.3, 0.4) is 0 Å². The maximum atomic E-state index is 12.7. The second-order valence-corrected chi connectivity index (χ2v) is 7.34. The van der Waals surface area contributed by atoms with Gasteiger partial charge in [-0.1, -0.05) is 23.7 Å². The van der Waals surface area contributed by atoms with Crippen LogP contribution in [0.15, 0.2) is 72.3 Å². The normalized spacial score (nSPS) is 10.8. The Balaban J connectivity index is 1.80. The van der Waals surface area contributed by atoms with Gasteiger partial charge in [-0.15, -0.1) is 0 Å². The highest BCUT2D eigenvalue weighted by molar-refractivity contribution is 6.30. The maximum absolute atomic E-state index is 12.7. The molecule has 0 unspecified atom stereocenters. The predicted octanol–water partition coefficient (Wildman–Crippen LogP) is 5.87. The first-order valence-corrected chi connectivity index (χ1v) is 10.6. The van der Waals surface area contributed by atoms with Crippen molar-refractivity contribution in [2.45, 2.75) is 13.5 Å². The van der Waals surface area contributed by atoms with Gasteiger partial charge in [0, 0.05) is 22.3 Å². The van der Waals surface area contributed by atoms with Gasteiger partial charge in [0.15, 0.2) is 0 Å². The highest BCUT2D eigenvalue weighted by atomic mass is 35.5. The van der Waals surface area contributed by atoms with Crippen molar-refractivity contribution < 1.29 is 19.0 Å². The molecule has 0 heterocycles. The Morgan fingerprint density at radius 1 is 1.03 bits per heavy atom. The monoisotopic (exact) mass is 462 g/mol. The number of halogens is 1. The molecule has 0 bridgehead atoms. The summed E-state index contributed by atoms with van der Waals surface area (Å²) >= 11 is 5.94. The molecule has 0 atom stereocenters. The Labute approximate surface area is 198 Å². The Kier molecular flexibility index (Phi) is 8.34. The first kappa shape index (κ1) is 23.7. The minimum atomic E-state index is -0.527. The van der Waals surface area contributed by atoms with Gasteiger partial charge in [-0.05, 0) is 67.1 Å². The number of amides is 1. The summed E-state index contributed by atoms with van der Waals surface area (Å²) < 4.78 is 16.7. The van der Waals surface area contributed by atoms with Gasteiger partial charge in [-0.25, -0.2) is 0 Å². The predicted molar refractivity (Wildman–Crippen MR) is 129 cm³/mol. The highest BCUT2D eigenvalue weighted by Crippen LogP contribution is 2.28. The van der Waals surface area contributed by atoms with Gasteiger partial charge in [-0.3, -0.25) is 4.79 Å². The number of nitrogens with zero attached hydrogens (tertiary/aromatic N) is 1. The molecule has 1 N–H and O–H groups in total. The summed E-state index contributed by atoms with van der Waals surface area (Å²) in [5, 5.41) is 13.0. The number of anilines is 1. The number of hydrogen-bond donors (Lipinski definition) is 1. The van der Waals surface area contributed by atoms with E-state index in [4.69, 9.17) is 25.8 Å². The van der Waals surface area contributed by atoms with Crippen LogP contribution in [0.25, 0.3) is 6.08 Å². The lowest BCUT2D eigenvalue weighted by molar-refractivity contribution is -0.112. The Bertz CT molecular complexity index is 1170. The number of rotatable bonds is 9. The molecule has 7 heteroatoms. The molecule has 1 amide bonds. The minimum absolute atomic E-state index is 0.0644. The van der Waals surface area contributed by atoms with E-state index in [0.717, 1.165) is 5.56 Å². The number of ether oxygens (including phenoxy) is 3. The van der Waals surface area contributed by atoms with E-state index in [2.05, 4.69) is 5.32 Å². The number of methoxy groups -OCH3 is 1. The summed E-state index contributed by atoms with van der Waals surface area (Å²) in [5.41, 5.74) is 1.98. The third-order valence-electron chi connectivity index (χ3n) is 4.62. The van der Waals surface area contributed by atoms with Gasteiger partial charge in [0.2, 0.25) is 0 Å². The van der Waals surface area contributed by atoms with Gasteiger partial charge in [-0.2, -0.15) is 5.26 Å². The first-order chi connectivity index (χ1) is 16.0. The highest BCUT2D eigenvalue weighted by Gasteiger charge is 2.13. The average Bonchev–Trinajstić information content (AvgIpc) is 2.83. The van der Waals surface area contributed by atoms with E-state index in [1.54, 1.807) is 61.7 Å². The summed E-state index contributed by atoms with van der Waals surface area (Å²) in [7, 11) is 1.55. The number of nitrogens with one attached hydrogen (secondary N) is 1. The van der Waals surface area contributed by atoms with Crippen molar-refractivity contribution in [1.82, 2.24) is 0 Å². The Morgan fingerprint density at radius 3 is 2.36 bits per heavy atom. The molecule has 168 valence electrons. The van der Waals surface area contributed by atoms with Crippen LogP contribution < -0.4 is 19.5 Å². The van der Waals surface area contributed by atoms with Crippen molar-refractivity contribution in [3.63, 3.8) is 0 Å². The maximum Gasteiger partial charge on any atom is 0.266 e. The van der Waals surface area contributed by atoms with Crippen molar-refractivity contribution in [3.05, 3.63) is 88.5 Å². The number of carbonyl (C=O) groups excluding carboxylic acids is 1. The molecule has 3 aromatic rings. The molecule has 0 saturated carbocycles. The zero-order chi connectivity index (χ0) is 23.6. The summed E-state index contributed by atoms with van der Waals surface area (Å²) in [6.45, 7) is 2.73. The molecule has 0 spiro atoms. The Morgan fingerprint density at radius 2 is 1.73 bits per heavy atom. The van der Waals surface area contributed by atoms with Crippen molar-refractivity contribution in [1.29, 1.82) is 5.26 Å². The Hall–Kier alpha value is -3.95. The van der Waals surface area contributed by atoms with Crippen LogP contribution in [0.5, 0.6) is 17.2 Å². The van der Waals surface area contributed by atoms with Crippen LogP contribution >= 0.6 is 11.6 Å². The van der Waals surface area contributed by atoms with Gasteiger partial charge in [0.05, 0.1) is 13.7 Å². The number of benzene rings is 3. The second-order valence-electron chi connectivity index (χ2n) is 6.90. The lowest BCUT2D eigenvalue weighted by atomic mass is 10.1. The molecule has 33 heavy (non-hydrogen) atoms. The molecule has 3 aromatic carbocycles. The quantitative estimate of drug-likeness (QED) is 0.317. The third-order valence-corrected chi connectivity index (χ3v) is 4.87. The zero-order valence-electron chi connectivity index (χ0n) is 18.3. The summed E-state index contributed by atoms with van der Waals surface area (Å²) in [4.78, 5) is 12.7. The molecule has 0 saturated heterocycles. The molecule has 0 fully saturated rings. The van der Waals surface area contributed by atoms with E-state index >= 15 is 0 Å². The summed E-state index contributed by atoms with van der Waals surface area (Å²) in [5.74, 6) is 1.25. The van der Waals surface area contributed by atoms with Crippen LogP contribution in [0.1, 0.15) is 18.1 Å². The van der Waals surface area contributed by atoms with Crippen LogP contribution in [-0.4, -0.2) is 19.6 Å². The lowest BCUT2D eigenvalue weighted by Crippen LogP contribution is -2.13. The minimum Gasteiger partial charge on any atom is -0.497 e. The van der Waals surface area contributed by atoms with E-state index < -0.39 is 5.91 Å². The molecule has 0 aliphatic rings. The summed E-state index contributed by atoms with van der Waals surface area (Å²) in [6.07, 6.45) is 1.49. The first-order valence-electron chi connectivity index (χ1n) is 10.2. The number of carbonyl (C=O) groups is 1. The van der Waals surface area contributed by atoms with E-state index in [1.165, 1.54) is 6.08 Å². The van der Waals surface area contributed by atoms with E-state index in [-0.39, 0.29) is 12.2 Å². The van der Waals surface area contributed by atoms with Crippen LogP contribution in [-0.2, 0) is 11.4 Å². The number of nitriles is 1. The molecule has 3 rings (SSSR count). The molecule has 0 radical (unpaired) electrons. The average molecular weight is 463 g/mol. The zero-order valence-corrected chi connectivity index (χ0v) is 19.1. The smallest absolute Gasteiger partial charge is 0.266 e. The second kappa shape index (κ2) is 11.6. The standard InChI is InChI=1S/C26H23ClN2O4/c1-3-32-23-12-9-22(10-13-23)29-26(30)20(16-28)14-19-6-11-24(31-2)15-25(19)33-17-18-4-7-21(27)8-5-18/h4-15H,3,17H2,1-2H3,(H,29,30)/b20-14+. The van der Waals surface area contributed by atoms with Crippen molar-refractivity contribution in [3.8, 4) is 23.3 Å². The van der Waals surface area contributed by atoms with Crippen molar-refractivity contribution >= 4 is 29.3 Å². The molecule has 0 aliphatic carbocycles. The lowest BCUT2D eigenvalue weighted by Gasteiger charge is -2.12. The third kappa shape index (κ3) is 6.76. The van der Waals surface area contributed by atoms with E-state index in [0.29, 0.717) is 40.1 Å². The van der Waals surface area contributed by atoms with E-state index in [9.17, 15) is 10.1 Å². The topological polar surface area (TPSA) is 80.6 Å². The molecule has 0 aliphatic heterocycles. The van der Waals surface area contributed by atoms with E-state index in [1.807, 2.05) is 25.1 Å². The largest absolute Gasteiger partial charge is 0.497 e. The molecular weight excluding hydrogens is 440 g/mol. The van der Waals surface area contributed by atoms with Gasteiger partial charge in [0.1, 0.15) is 35.5 Å². The van der Waals surface area contributed by atoms with Crippen molar-refractivity contribution in [2.75, 3.05) is 19.0 Å². The summed E-state index contributed by atoms with van der Waals surface area (Å²) in [6, 6.07) is 21.4. The van der Waals surface area contributed by atoms with Gasteiger partial charge < -0.3 is 19.5 Å². The SMILES string of the molecule is CCOc1ccc(NC(=O)/C(C#N)=C/c2ccc(OC)cc2OCc2ccc(Cl)cc2)cc1. The van der Waals surface area contributed by atoms with Crippen LogP contribution in [0, 0.1) is 11.3 Å². The fourth-order valence-corrected chi connectivity index (χ4v) is 3.06. The van der Waals surface area contributed by atoms with Crippen molar-refractivity contribution in [2.24, 2.45) is 0 Å².